The first kappa shape index (κ1) is 21.4. The molecule has 0 spiro atoms. The second kappa shape index (κ2) is 8.43. The van der Waals surface area contributed by atoms with E-state index in [-0.39, 0.29) is 22.6 Å². The minimum absolute atomic E-state index is 0.0250. The minimum Gasteiger partial charge on any atom is -0.465 e. The van der Waals surface area contributed by atoms with Gasteiger partial charge in [0.15, 0.2) is 0 Å². The molecule has 0 radical (unpaired) electrons. The number of nitro groups is 1. The van der Waals surface area contributed by atoms with Gasteiger partial charge in [-0.15, -0.1) is 0 Å². The summed E-state index contributed by atoms with van der Waals surface area (Å²) in [6.45, 7) is 7.86. The highest BCUT2D eigenvalue weighted by molar-refractivity contribution is 6.29. The van der Waals surface area contributed by atoms with E-state index in [9.17, 15) is 20.0 Å². The monoisotopic (exact) mass is 406 g/mol. The second-order valence-electron chi connectivity index (χ2n) is 7.47. The zero-order valence-corrected chi connectivity index (χ0v) is 16.9. The van der Waals surface area contributed by atoms with Crippen LogP contribution in [0.1, 0.15) is 39.2 Å². The molecule has 1 heterocycles. The van der Waals surface area contributed by atoms with Crippen LogP contribution in [-0.4, -0.2) is 38.1 Å². The first-order chi connectivity index (χ1) is 13.0. The average Bonchev–Trinajstić information content (AvgIpc) is 2.58. The van der Waals surface area contributed by atoms with E-state index in [0.29, 0.717) is 12.2 Å². The van der Waals surface area contributed by atoms with Crippen LogP contribution < -0.4 is 5.32 Å². The molecule has 0 aliphatic heterocycles. The maximum Gasteiger partial charge on any atom is 0.407 e. The number of pyridine rings is 1. The molecule has 1 amide bonds. The van der Waals surface area contributed by atoms with Crippen LogP contribution in [-0.2, 0) is 0 Å². The summed E-state index contributed by atoms with van der Waals surface area (Å²) in [5.74, 6) is 0.0334. The van der Waals surface area contributed by atoms with Crippen molar-refractivity contribution in [3.8, 4) is 0 Å². The van der Waals surface area contributed by atoms with Gasteiger partial charge in [-0.25, -0.2) is 9.78 Å². The lowest BCUT2D eigenvalue weighted by atomic mass is 9.97. The lowest BCUT2D eigenvalue weighted by molar-refractivity contribution is -0.384. The molecule has 1 aromatic heterocycles. The highest BCUT2D eigenvalue weighted by Gasteiger charge is 2.27. The van der Waals surface area contributed by atoms with Gasteiger partial charge in [0, 0.05) is 23.8 Å². The maximum absolute atomic E-state index is 11.5. The van der Waals surface area contributed by atoms with Gasteiger partial charge in [0.25, 0.3) is 0 Å². The SMILES string of the molecule is CC(CN(C(=O)O)C(C)(C)C)c1ccc(Nc2nc(Cl)ccc2[N+](=O)[O-])cc1. The molecule has 1 atom stereocenters. The molecule has 150 valence electrons. The van der Waals surface area contributed by atoms with Crippen LogP contribution in [0.15, 0.2) is 36.4 Å². The van der Waals surface area contributed by atoms with Crippen molar-refractivity contribution < 1.29 is 14.8 Å². The molecule has 1 aromatic carbocycles. The summed E-state index contributed by atoms with van der Waals surface area (Å²) >= 11 is 5.84. The molecule has 0 aliphatic rings. The van der Waals surface area contributed by atoms with Crippen molar-refractivity contribution in [2.75, 3.05) is 11.9 Å². The number of nitrogens with one attached hydrogen (secondary N) is 1. The first-order valence-corrected chi connectivity index (χ1v) is 9.05. The van der Waals surface area contributed by atoms with Crippen LogP contribution in [0.2, 0.25) is 5.15 Å². The van der Waals surface area contributed by atoms with Gasteiger partial charge in [-0.05, 0) is 50.5 Å². The first-order valence-electron chi connectivity index (χ1n) is 8.67. The van der Waals surface area contributed by atoms with E-state index in [2.05, 4.69) is 10.3 Å². The Balaban J connectivity index is 2.17. The number of rotatable bonds is 6. The fourth-order valence-electron chi connectivity index (χ4n) is 2.72. The third kappa shape index (κ3) is 5.32. The van der Waals surface area contributed by atoms with Crippen molar-refractivity contribution in [1.82, 2.24) is 9.88 Å². The Bertz CT molecular complexity index is 865. The van der Waals surface area contributed by atoms with Gasteiger partial charge in [0.05, 0.1) is 4.92 Å². The number of carbonyl (C=O) groups is 1. The van der Waals surface area contributed by atoms with Gasteiger partial charge in [0.1, 0.15) is 5.15 Å². The Hall–Kier alpha value is -2.87. The standard InChI is InChI=1S/C19H23ClN4O4/c1-12(11-23(18(25)26)19(2,3)4)13-5-7-14(8-6-13)21-17-15(24(27)28)9-10-16(20)22-17/h5-10,12H,11H2,1-4H3,(H,21,22)(H,25,26). The molecule has 2 aromatic rings. The van der Waals surface area contributed by atoms with Gasteiger partial charge in [-0.3, -0.25) is 10.1 Å². The number of halogens is 1. The average molecular weight is 407 g/mol. The third-order valence-corrected chi connectivity index (χ3v) is 4.49. The fraction of sp³-hybridized carbons (Fsp3) is 0.368. The Morgan fingerprint density at radius 1 is 1.29 bits per heavy atom. The lowest BCUT2D eigenvalue weighted by Crippen LogP contribution is -2.46. The summed E-state index contributed by atoms with van der Waals surface area (Å²) in [6, 6.07) is 9.89. The van der Waals surface area contributed by atoms with Gasteiger partial charge in [-0.1, -0.05) is 30.7 Å². The number of hydrogen-bond acceptors (Lipinski definition) is 5. The van der Waals surface area contributed by atoms with E-state index in [1.54, 1.807) is 12.1 Å². The zero-order chi connectivity index (χ0) is 21.1. The third-order valence-electron chi connectivity index (χ3n) is 4.28. The number of nitrogens with zero attached hydrogens (tertiary/aromatic N) is 3. The largest absolute Gasteiger partial charge is 0.465 e. The van der Waals surface area contributed by atoms with Crippen molar-refractivity contribution in [1.29, 1.82) is 0 Å². The Morgan fingerprint density at radius 2 is 1.89 bits per heavy atom. The van der Waals surface area contributed by atoms with Crippen molar-refractivity contribution in [3.63, 3.8) is 0 Å². The van der Waals surface area contributed by atoms with E-state index >= 15 is 0 Å². The number of anilines is 2. The second-order valence-corrected chi connectivity index (χ2v) is 7.86. The molecule has 1 unspecified atom stereocenters. The van der Waals surface area contributed by atoms with E-state index < -0.39 is 16.6 Å². The molecule has 0 saturated carbocycles. The van der Waals surface area contributed by atoms with E-state index in [4.69, 9.17) is 11.6 Å². The summed E-state index contributed by atoms with van der Waals surface area (Å²) in [7, 11) is 0. The number of aromatic nitrogens is 1. The van der Waals surface area contributed by atoms with E-state index in [0.717, 1.165) is 5.56 Å². The van der Waals surface area contributed by atoms with Gasteiger partial charge >= 0.3 is 11.8 Å². The van der Waals surface area contributed by atoms with Gasteiger partial charge in [0.2, 0.25) is 5.82 Å². The molecule has 8 nitrogen and oxygen atoms in total. The number of carboxylic acid groups (broad SMARTS) is 1. The van der Waals surface area contributed by atoms with E-state index in [1.807, 2.05) is 39.8 Å². The molecular weight excluding hydrogens is 384 g/mol. The van der Waals surface area contributed by atoms with Crippen LogP contribution in [0.5, 0.6) is 0 Å². The Morgan fingerprint density at radius 3 is 2.39 bits per heavy atom. The summed E-state index contributed by atoms with van der Waals surface area (Å²) in [6.07, 6.45) is -0.961. The van der Waals surface area contributed by atoms with Crippen molar-refractivity contribution in [2.24, 2.45) is 0 Å². The summed E-state index contributed by atoms with van der Waals surface area (Å²) in [4.78, 5) is 27.5. The number of benzene rings is 1. The molecular formula is C19H23ClN4O4. The van der Waals surface area contributed by atoms with Crippen molar-refractivity contribution in [2.45, 2.75) is 39.2 Å². The molecule has 2 N–H and O–H groups in total. The minimum atomic E-state index is -0.961. The van der Waals surface area contributed by atoms with E-state index in [1.165, 1.54) is 17.0 Å². The maximum atomic E-state index is 11.5. The van der Waals surface area contributed by atoms with Crippen molar-refractivity contribution in [3.05, 3.63) is 57.2 Å². The van der Waals surface area contributed by atoms with Crippen molar-refractivity contribution >= 4 is 34.9 Å². The van der Waals surface area contributed by atoms with Crippen LogP contribution in [0, 0.1) is 10.1 Å². The van der Waals surface area contributed by atoms with Crippen LogP contribution in [0.25, 0.3) is 0 Å². The predicted octanol–water partition coefficient (Wildman–Crippen LogP) is 5.27. The molecule has 0 bridgehead atoms. The Labute approximate surface area is 168 Å². The molecule has 9 heteroatoms. The normalized spacial score (nSPS) is 12.3. The predicted molar refractivity (Wildman–Crippen MR) is 109 cm³/mol. The number of hydrogen-bond donors (Lipinski definition) is 2. The molecule has 0 aliphatic carbocycles. The summed E-state index contributed by atoms with van der Waals surface area (Å²) < 4.78 is 0. The smallest absolute Gasteiger partial charge is 0.407 e. The Kier molecular flexibility index (Phi) is 6.45. The van der Waals surface area contributed by atoms with Crippen LogP contribution in [0.3, 0.4) is 0 Å². The number of amides is 1. The van der Waals surface area contributed by atoms with Gasteiger partial charge in [-0.2, -0.15) is 0 Å². The highest BCUT2D eigenvalue weighted by atomic mass is 35.5. The van der Waals surface area contributed by atoms with Gasteiger partial charge < -0.3 is 15.3 Å². The zero-order valence-electron chi connectivity index (χ0n) is 16.1. The quantitative estimate of drug-likeness (QED) is 0.384. The molecule has 2 rings (SSSR count). The highest BCUT2D eigenvalue weighted by Crippen LogP contribution is 2.28. The topological polar surface area (TPSA) is 109 Å². The lowest BCUT2D eigenvalue weighted by Gasteiger charge is -2.35. The summed E-state index contributed by atoms with van der Waals surface area (Å²) in [5.41, 5.74) is 0.886. The molecule has 0 saturated heterocycles. The molecule has 28 heavy (non-hydrogen) atoms. The van der Waals surface area contributed by atoms with Crippen LogP contribution in [0.4, 0.5) is 22.0 Å². The van der Waals surface area contributed by atoms with Crippen LogP contribution >= 0.6 is 11.6 Å². The fourth-order valence-corrected chi connectivity index (χ4v) is 2.86. The molecule has 0 fully saturated rings. The summed E-state index contributed by atoms with van der Waals surface area (Å²) in [5, 5.41) is 23.6.